The van der Waals surface area contributed by atoms with Gasteiger partial charge in [0.1, 0.15) is 0 Å². The van der Waals surface area contributed by atoms with Gasteiger partial charge in [-0.25, -0.2) is 0 Å². The molecule has 0 radical (unpaired) electrons. The monoisotopic (exact) mass is 256 g/mol. The van der Waals surface area contributed by atoms with Gasteiger partial charge in [0.15, 0.2) is 0 Å². The predicted octanol–water partition coefficient (Wildman–Crippen LogP) is 3.53. The Labute approximate surface area is 113 Å². The van der Waals surface area contributed by atoms with Crippen LogP contribution in [0, 0.1) is 0 Å². The maximum Gasteiger partial charge on any atom is 0.0848 e. The maximum absolute atomic E-state index is 6.19. The smallest absolute Gasteiger partial charge is 0.0848 e. The summed E-state index contributed by atoms with van der Waals surface area (Å²) in [4.78, 5) is 0. The van der Waals surface area contributed by atoms with Gasteiger partial charge >= 0.3 is 0 Å². The Bertz CT molecular complexity index is 201. The van der Waals surface area contributed by atoms with Crippen LogP contribution in [0.4, 0.5) is 0 Å². The molecule has 3 heteroatoms. The van der Waals surface area contributed by atoms with E-state index < -0.39 is 0 Å². The summed E-state index contributed by atoms with van der Waals surface area (Å²) in [6.45, 7) is 5.15. The van der Waals surface area contributed by atoms with Crippen molar-refractivity contribution in [3.05, 3.63) is 0 Å². The number of nitrogens with two attached hydrogens (primary N) is 1. The molecule has 1 saturated carbocycles. The van der Waals surface area contributed by atoms with Crippen molar-refractivity contribution < 1.29 is 4.74 Å². The number of hydrazine groups is 1. The van der Waals surface area contributed by atoms with Gasteiger partial charge in [-0.2, -0.15) is 0 Å². The van der Waals surface area contributed by atoms with Crippen molar-refractivity contribution in [1.82, 2.24) is 5.43 Å². The quantitative estimate of drug-likeness (QED) is 0.302. The second-order valence-corrected chi connectivity index (χ2v) is 5.63. The highest BCUT2D eigenvalue weighted by atomic mass is 16.5. The summed E-state index contributed by atoms with van der Waals surface area (Å²) in [5.74, 6) is 5.82. The Balaban J connectivity index is 2.64. The van der Waals surface area contributed by atoms with Gasteiger partial charge < -0.3 is 4.74 Å². The molecule has 0 amide bonds. The molecule has 1 rings (SSSR count). The Hall–Kier alpha value is -0.120. The van der Waals surface area contributed by atoms with Crippen LogP contribution in [0.2, 0.25) is 0 Å². The number of hydrogen-bond donors (Lipinski definition) is 2. The van der Waals surface area contributed by atoms with E-state index in [0.29, 0.717) is 6.04 Å². The van der Waals surface area contributed by atoms with Gasteiger partial charge in [0.25, 0.3) is 0 Å². The van der Waals surface area contributed by atoms with E-state index in [1.54, 1.807) is 0 Å². The number of nitrogens with one attached hydrogen (secondary N) is 1. The van der Waals surface area contributed by atoms with Gasteiger partial charge in [0.2, 0.25) is 0 Å². The lowest BCUT2D eigenvalue weighted by Gasteiger charge is -2.40. The zero-order chi connectivity index (χ0) is 13.3. The Morgan fingerprint density at radius 3 is 2.28 bits per heavy atom. The van der Waals surface area contributed by atoms with Gasteiger partial charge in [-0.1, -0.05) is 51.9 Å². The highest BCUT2D eigenvalue weighted by Gasteiger charge is 2.38. The zero-order valence-electron chi connectivity index (χ0n) is 12.3. The fraction of sp³-hybridized carbons (Fsp3) is 1.00. The van der Waals surface area contributed by atoms with Crippen LogP contribution in [0.3, 0.4) is 0 Å². The molecule has 0 bridgehead atoms. The first-order valence-electron chi connectivity index (χ1n) is 7.89. The van der Waals surface area contributed by atoms with Crippen LogP contribution >= 0.6 is 0 Å². The predicted molar refractivity (Wildman–Crippen MR) is 77.3 cm³/mol. The Morgan fingerprint density at radius 1 is 1.11 bits per heavy atom. The number of unbranched alkanes of at least 4 members (excludes halogenated alkanes) is 2. The van der Waals surface area contributed by atoms with E-state index >= 15 is 0 Å². The molecular formula is C15H32N2O. The number of hydrogen-bond acceptors (Lipinski definition) is 3. The van der Waals surface area contributed by atoms with Gasteiger partial charge in [0, 0.05) is 6.61 Å². The molecule has 3 nitrogen and oxygen atoms in total. The fourth-order valence-corrected chi connectivity index (χ4v) is 3.30. The van der Waals surface area contributed by atoms with Gasteiger partial charge in [-0.05, 0) is 26.2 Å². The molecule has 3 N–H and O–H groups in total. The summed E-state index contributed by atoms with van der Waals surface area (Å²) in [5.41, 5.74) is 3.05. The second kappa shape index (κ2) is 8.89. The van der Waals surface area contributed by atoms with Crippen LogP contribution in [0.5, 0.6) is 0 Å². The molecule has 0 heterocycles. The molecule has 1 aliphatic carbocycles. The van der Waals surface area contributed by atoms with E-state index in [0.717, 1.165) is 13.0 Å². The summed E-state index contributed by atoms with van der Waals surface area (Å²) < 4.78 is 6.19. The summed E-state index contributed by atoms with van der Waals surface area (Å²) in [7, 11) is 0. The molecule has 1 aliphatic rings. The maximum atomic E-state index is 6.19. The average Bonchev–Trinajstić information content (AvgIpc) is 2.62. The molecule has 108 valence electrons. The van der Waals surface area contributed by atoms with Crippen LogP contribution < -0.4 is 11.3 Å². The minimum Gasteiger partial charge on any atom is -0.374 e. The highest BCUT2D eigenvalue weighted by Crippen LogP contribution is 2.35. The van der Waals surface area contributed by atoms with Gasteiger partial charge in [-0.15, -0.1) is 0 Å². The van der Waals surface area contributed by atoms with E-state index in [-0.39, 0.29) is 5.60 Å². The molecule has 0 saturated heterocycles. The fourth-order valence-electron chi connectivity index (χ4n) is 3.30. The normalized spacial score (nSPS) is 21.5. The highest BCUT2D eigenvalue weighted by molar-refractivity contribution is 4.93. The summed E-state index contributed by atoms with van der Waals surface area (Å²) in [5, 5.41) is 0. The number of rotatable bonds is 8. The summed E-state index contributed by atoms with van der Waals surface area (Å²) in [6, 6.07) is 0.321. The van der Waals surface area contributed by atoms with Crippen molar-refractivity contribution >= 4 is 0 Å². The molecule has 0 aromatic rings. The van der Waals surface area contributed by atoms with E-state index in [1.807, 2.05) is 0 Å². The first kappa shape index (κ1) is 15.9. The Kier molecular flexibility index (Phi) is 7.87. The minimum atomic E-state index is -0.00621. The van der Waals surface area contributed by atoms with E-state index in [1.165, 1.54) is 57.8 Å². The largest absolute Gasteiger partial charge is 0.374 e. The van der Waals surface area contributed by atoms with E-state index in [9.17, 15) is 0 Å². The van der Waals surface area contributed by atoms with Crippen LogP contribution in [0.25, 0.3) is 0 Å². The van der Waals surface area contributed by atoms with Crippen molar-refractivity contribution in [3.8, 4) is 0 Å². The Morgan fingerprint density at radius 2 is 1.78 bits per heavy atom. The van der Waals surface area contributed by atoms with Crippen LogP contribution in [0.1, 0.15) is 78.1 Å². The van der Waals surface area contributed by atoms with E-state index in [4.69, 9.17) is 10.6 Å². The molecule has 0 spiro atoms. The third-order valence-corrected chi connectivity index (χ3v) is 4.31. The van der Waals surface area contributed by atoms with Crippen molar-refractivity contribution in [1.29, 1.82) is 0 Å². The standard InChI is InChI=1S/C15H32N2O/c1-3-5-8-11-14(17-16)15(18-4-2)12-9-6-7-10-13-15/h14,17H,3-13,16H2,1-2H3. The molecule has 0 aromatic heterocycles. The molecule has 18 heavy (non-hydrogen) atoms. The lowest BCUT2D eigenvalue weighted by molar-refractivity contribution is -0.0790. The molecule has 0 aromatic carbocycles. The van der Waals surface area contributed by atoms with E-state index in [2.05, 4.69) is 19.3 Å². The molecule has 1 fully saturated rings. The van der Waals surface area contributed by atoms with Crippen molar-refractivity contribution in [2.45, 2.75) is 89.7 Å². The first-order chi connectivity index (χ1) is 8.79. The summed E-state index contributed by atoms with van der Waals surface area (Å²) in [6.07, 6.45) is 12.5. The van der Waals surface area contributed by atoms with Crippen molar-refractivity contribution in [2.24, 2.45) is 5.84 Å². The van der Waals surface area contributed by atoms with Crippen LogP contribution in [-0.2, 0) is 4.74 Å². The van der Waals surface area contributed by atoms with Crippen LogP contribution in [-0.4, -0.2) is 18.2 Å². The van der Waals surface area contributed by atoms with Crippen LogP contribution in [0.15, 0.2) is 0 Å². The zero-order valence-corrected chi connectivity index (χ0v) is 12.3. The molecule has 0 aliphatic heterocycles. The van der Waals surface area contributed by atoms with Crippen molar-refractivity contribution in [2.75, 3.05) is 6.61 Å². The molecule has 1 atom stereocenters. The average molecular weight is 256 g/mol. The molecule has 1 unspecified atom stereocenters. The molecular weight excluding hydrogens is 224 g/mol. The minimum absolute atomic E-state index is 0.00621. The van der Waals surface area contributed by atoms with Crippen molar-refractivity contribution in [3.63, 3.8) is 0 Å². The second-order valence-electron chi connectivity index (χ2n) is 5.63. The van der Waals surface area contributed by atoms with Gasteiger partial charge in [-0.3, -0.25) is 11.3 Å². The topological polar surface area (TPSA) is 47.3 Å². The SMILES string of the molecule is CCCCCC(NN)C1(OCC)CCCCCC1. The summed E-state index contributed by atoms with van der Waals surface area (Å²) >= 11 is 0. The lowest BCUT2D eigenvalue weighted by Crippen LogP contribution is -2.54. The first-order valence-corrected chi connectivity index (χ1v) is 7.89. The van der Waals surface area contributed by atoms with Gasteiger partial charge in [0.05, 0.1) is 11.6 Å². The third kappa shape index (κ3) is 4.52. The third-order valence-electron chi connectivity index (χ3n) is 4.31. The lowest BCUT2D eigenvalue weighted by atomic mass is 9.83. The number of ether oxygens (including phenoxy) is 1.